The quantitative estimate of drug-likeness (QED) is 0.315. The van der Waals surface area contributed by atoms with Gasteiger partial charge in [-0.05, 0) is 31.7 Å². The van der Waals surface area contributed by atoms with Crippen LogP contribution in [-0.2, 0) is 9.47 Å². The number of nitrogens with two attached hydrogens (primary N) is 1. The van der Waals surface area contributed by atoms with Crippen molar-refractivity contribution in [2.45, 2.75) is 31.6 Å². The fourth-order valence-corrected chi connectivity index (χ4v) is 2.48. The predicted octanol–water partition coefficient (Wildman–Crippen LogP) is -0.347. The van der Waals surface area contributed by atoms with Crippen molar-refractivity contribution >= 4 is 10.2 Å². The van der Waals surface area contributed by atoms with E-state index in [0.717, 1.165) is 29.8 Å². The Morgan fingerprint density at radius 1 is 1.31 bits per heavy atom. The molecule has 16 heavy (non-hydrogen) atoms. The Hall–Kier alpha value is 0.0569. The lowest BCUT2D eigenvalue weighted by molar-refractivity contribution is -0.152. The lowest BCUT2D eigenvalue weighted by atomic mass is 10.0. The number of methoxy groups -OCH3 is 2. The second-order valence-electron chi connectivity index (χ2n) is 4.53. The summed E-state index contributed by atoms with van der Waals surface area (Å²) in [7, 11) is 4.36. The molecule has 1 unspecified atom stereocenters. The third-order valence-corrected chi connectivity index (χ3v) is 4.18. The zero-order valence-electron chi connectivity index (χ0n) is 11.2. The highest BCUT2D eigenvalue weighted by Crippen LogP contribution is 2.21. The van der Waals surface area contributed by atoms with Crippen molar-refractivity contribution < 1.29 is 9.47 Å². The molecule has 3 N–H and O–H groups in total. The largest absolute Gasteiger partial charge is 0.358 e. The van der Waals surface area contributed by atoms with Gasteiger partial charge in [0.2, 0.25) is 0 Å². The normalized spacial score (nSPS) is 14.2. The summed E-state index contributed by atoms with van der Waals surface area (Å²) in [6.45, 7) is 4.94. The minimum absolute atomic E-state index is 0.301. The fraction of sp³-hybridized carbons (Fsp3) is 1.00. The van der Waals surface area contributed by atoms with Gasteiger partial charge in [0.1, 0.15) is 5.41 Å². The van der Waals surface area contributed by atoms with E-state index in [4.69, 9.17) is 15.2 Å². The fourth-order valence-electron chi connectivity index (χ4n) is 1.79. The Morgan fingerprint density at radius 2 is 1.94 bits per heavy atom. The monoisotopic (exact) mass is 248 g/mol. The molecule has 0 radical (unpaired) electrons. The zero-order valence-corrected chi connectivity index (χ0v) is 13.2. The van der Waals surface area contributed by atoms with Gasteiger partial charge in [-0.3, -0.25) is 0 Å². The summed E-state index contributed by atoms with van der Waals surface area (Å²) < 4.78 is 10.8. The van der Waals surface area contributed by atoms with Crippen LogP contribution in [0.4, 0.5) is 0 Å². The maximum Gasteiger partial charge on any atom is 0.141 e. The second kappa shape index (κ2) is 9.12. The van der Waals surface area contributed by atoms with Crippen molar-refractivity contribution in [2.24, 2.45) is 11.7 Å². The molecule has 0 bridgehead atoms. The van der Waals surface area contributed by atoms with Crippen molar-refractivity contribution in [3.63, 3.8) is 0 Å². The molecular formula is C11H28N2O2Si. The van der Waals surface area contributed by atoms with Gasteiger partial charge in [-0.1, -0.05) is 6.92 Å². The first-order valence-electron chi connectivity index (χ1n) is 6.09. The van der Waals surface area contributed by atoms with Crippen LogP contribution >= 0.6 is 0 Å². The third-order valence-electron chi connectivity index (χ3n) is 2.95. The van der Waals surface area contributed by atoms with Gasteiger partial charge in [0.15, 0.2) is 0 Å². The molecule has 5 heteroatoms. The molecule has 0 saturated heterocycles. The molecule has 4 nitrogen and oxygen atoms in total. The van der Waals surface area contributed by atoms with Crippen LogP contribution in [0.25, 0.3) is 0 Å². The molecule has 0 fully saturated rings. The number of ether oxygens (including phenoxy) is 2. The standard InChI is InChI=1S/C11H28N2O2Si/c1-10(5-4-7-13-8-6-12)9-11(16,14-2)15-3/h10,13H,4-9,12H2,1-3,16H3. The maximum absolute atomic E-state index is 5.41. The molecule has 0 amide bonds. The van der Waals surface area contributed by atoms with Gasteiger partial charge in [-0.15, -0.1) is 0 Å². The van der Waals surface area contributed by atoms with Crippen LogP contribution in [0, 0.1) is 5.92 Å². The molecule has 0 aromatic heterocycles. The summed E-state index contributed by atoms with van der Waals surface area (Å²) in [4.78, 5) is 0. The second-order valence-corrected chi connectivity index (χ2v) is 6.06. The first-order chi connectivity index (χ1) is 7.58. The van der Waals surface area contributed by atoms with Crippen LogP contribution < -0.4 is 11.1 Å². The van der Waals surface area contributed by atoms with Gasteiger partial charge in [0, 0.05) is 27.3 Å². The molecule has 98 valence electrons. The van der Waals surface area contributed by atoms with Crippen LogP contribution in [0.5, 0.6) is 0 Å². The van der Waals surface area contributed by atoms with E-state index in [1.807, 2.05) is 0 Å². The SMILES string of the molecule is COC([SiH3])(CC(C)CCCNCCN)OC. The average Bonchev–Trinajstić information content (AvgIpc) is 2.28. The molecule has 0 aromatic rings. The molecule has 0 aliphatic carbocycles. The first kappa shape index (κ1) is 16.1. The average molecular weight is 248 g/mol. The molecule has 0 saturated carbocycles. The van der Waals surface area contributed by atoms with E-state index in [2.05, 4.69) is 12.2 Å². The van der Waals surface area contributed by atoms with Gasteiger partial charge >= 0.3 is 0 Å². The van der Waals surface area contributed by atoms with E-state index >= 15 is 0 Å². The van der Waals surface area contributed by atoms with Gasteiger partial charge < -0.3 is 20.5 Å². The van der Waals surface area contributed by atoms with Crippen molar-refractivity contribution in [2.75, 3.05) is 33.9 Å². The van der Waals surface area contributed by atoms with E-state index in [9.17, 15) is 0 Å². The topological polar surface area (TPSA) is 56.5 Å². The first-order valence-corrected chi connectivity index (χ1v) is 7.09. The van der Waals surface area contributed by atoms with Crippen LogP contribution in [0.1, 0.15) is 26.2 Å². The Kier molecular flexibility index (Phi) is 9.16. The number of hydrogen-bond acceptors (Lipinski definition) is 4. The van der Waals surface area contributed by atoms with Crippen LogP contribution in [0.2, 0.25) is 0 Å². The molecule has 0 aliphatic rings. The van der Waals surface area contributed by atoms with Crippen LogP contribution in [-0.4, -0.2) is 49.5 Å². The summed E-state index contributed by atoms with van der Waals surface area (Å²) in [6, 6.07) is 0. The molecule has 0 aromatic carbocycles. The lowest BCUT2D eigenvalue weighted by Crippen LogP contribution is -2.36. The smallest absolute Gasteiger partial charge is 0.141 e. The molecule has 0 heterocycles. The van der Waals surface area contributed by atoms with E-state index < -0.39 is 0 Å². The van der Waals surface area contributed by atoms with Crippen molar-refractivity contribution in [3.8, 4) is 0 Å². The summed E-state index contributed by atoms with van der Waals surface area (Å²) >= 11 is 0. The number of nitrogens with one attached hydrogen (secondary N) is 1. The van der Waals surface area contributed by atoms with Gasteiger partial charge in [-0.25, -0.2) is 0 Å². The predicted molar refractivity (Wildman–Crippen MR) is 71.6 cm³/mol. The third kappa shape index (κ3) is 7.35. The highest BCUT2D eigenvalue weighted by molar-refractivity contribution is 6.13. The molecular weight excluding hydrogens is 220 g/mol. The Bertz CT molecular complexity index is 166. The van der Waals surface area contributed by atoms with Crippen LogP contribution in [0.15, 0.2) is 0 Å². The van der Waals surface area contributed by atoms with Gasteiger partial charge in [0.05, 0.1) is 10.2 Å². The van der Waals surface area contributed by atoms with E-state index in [0.29, 0.717) is 12.5 Å². The van der Waals surface area contributed by atoms with Gasteiger partial charge in [-0.2, -0.15) is 0 Å². The summed E-state index contributed by atoms with van der Waals surface area (Å²) in [5.74, 6) is 0.636. The number of rotatable bonds is 10. The lowest BCUT2D eigenvalue weighted by Gasteiger charge is -2.29. The minimum Gasteiger partial charge on any atom is -0.358 e. The molecule has 0 spiro atoms. The van der Waals surface area contributed by atoms with E-state index in [1.54, 1.807) is 14.2 Å². The van der Waals surface area contributed by atoms with Gasteiger partial charge in [0.25, 0.3) is 0 Å². The van der Waals surface area contributed by atoms with Crippen molar-refractivity contribution in [1.29, 1.82) is 0 Å². The van der Waals surface area contributed by atoms with Crippen LogP contribution in [0.3, 0.4) is 0 Å². The van der Waals surface area contributed by atoms with E-state index in [1.165, 1.54) is 12.8 Å². The van der Waals surface area contributed by atoms with E-state index in [-0.39, 0.29) is 5.41 Å². The Labute approximate surface area is 103 Å². The number of hydrogen-bond donors (Lipinski definition) is 2. The zero-order chi connectivity index (χ0) is 12.4. The van der Waals surface area contributed by atoms with Crippen molar-refractivity contribution in [1.82, 2.24) is 5.32 Å². The Morgan fingerprint density at radius 3 is 2.44 bits per heavy atom. The minimum atomic E-state index is -0.301. The summed E-state index contributed by atoms with van der Waals surface area (Å²) in [5.41, 5.74) is 5.10. The maximum atomic E-state index is 5.41. The highest BCUT2D eigenvalue weighted by atomic mass is 28.1. The molecule has 0 aliphatic heterocycles. The van der Waals surface area contributed by atoms with Crippen molar-refractivity contribution in [3.05, 3.63) is 0 Å². The summed E-state index contributed by atoms with van der Waals surface area (Å²) in [6.07, 6.45) is 3.38. The molecule has 0 rings (SSSR count). The Balaban J connectivity index is 3.61. The molecule has 1 atom stereocenters. The summed E-state index contributed by atoms with van der Waals surface area (Å²) in [5, 5.41) is 3.30. The highest BCUT2D eigenvalue weighted by Gasteiger charge is 2.24.